The maximum Gasteiger partial charge on any atom is 0.348 e. The molecule has 7 nitrogen and oxygen atoms in total. The fraction of sp³-hybridized carbons (Fsp3) is 0.286. The number of hydrogen-bond donors (Lipinski definition) is 2. The van der Waals surface area contributed by atoms with Crippen LogP contribution in [-0.2, 0) is 13.1 Å². The minimum atomic E-state index is -0.260. The second-order valence-electron chi connectivity index (χ2n) is 7.43. The molecule has 0 unspecified atom stereocenters. The van der Waals surface area contributed by atoms with E-state index in [1.165, 1.54) is 5.56 Å². The van der Waals surface area contributed by atoms with Gasteiger partial charge in [0, 0.05) is 19.1 Å². The second-order valence-corrected chi connectivity index (χ2v) is 7.43. The van der Waals surface area contributed by atoms with Crippen LogP contribution in [0.25, 0.3) is 16.7 Å². The van der Waals surface area contributed by atoms with Crippen LogP contribution < -0.4 is 11.0 Å². The van der Waals surface area contributed by atoms with E-state index in [4.69, 9.17) is 0 Å². The molecule has 0 radical (unpaired) electrons. The number of anilines is 1. The third-order valence-corrected chi connectivity index (χ3v) is 4.57. The van der Waals surface area contributed by atoms with Gasteiger partial charge in [-0.2, -0.15) is 0 Å². The van der Waals surface area contributed by atoms with Gasteiger partial charge in [0.2, 0.25) is 5.65 Å². The minimum absolute atomic E-state index is 0.187. The van der Waals surface area contributed by atoms with E-state index in [2.05, 4.69) is 62.8 Å². The van der Waals surface area contributed by atoms with Gasteiger partial charge in [-0.15, -0.1) is 5.10 Å². The molecular weight excluding hydrogens is 352 g/mol. The lowest BCUT2D eigenvalue weighted by molar-refractivity contribution is 0.319. The second kappa shape index (κ2) is 7.44. The highest BCUT2D eigenvalue weighted by Crippen LogP contribution is 2.21. The zero-order valence-corrected chi connectivity index (χ0v) is 16.3. The molecule has 2 heterocycles. The molecule has 4 rings (SSSR count). The first-order valence-corrected chi connectivity index (χ1v) is 9.40. The van der Waals surface area contributed by atoms with Crippen LogP contribution in [0.3, 0.4) is 0 Å². The molecule has 7 heteroatoms. The number of H-pyrrole nitrogens is 1. The van der Waals surface area contributed by atoms with Gasteiger partial charge in [-0.05, 0) is 44.2 Å². The summed E-state index contributed by atoms with van der Waals surface area (Å²) in [5.41, 5.74) is 4.16. The van der Waals surface area contributed by atoms with Crippen molar-refractivity contribution in [1.29, 1.82) is 0 Å². The lowest BCUT2D eigenvalue weighted by Crippen LogP contribution is -2.18. The van der Waals surface area contributed by atoms with E-state index in [1.807, 2.05) is 32.0 Å². The van der Waals surface area contributed by atoms with Crippen LogP contribution in [0.15, 0.2) is 53.3 Å². The quantitative estimate of drug-likeness (QED) is 0.541. The molecule has 0 aliphatic heterocycles. The fourth-order valence-electron chi connectivity index (χ4n) is 3.42. The molecule has 2 aromatic carbocycles. The molecule has 2 N–H and O–H groups in total. The van der Waals surface area contributed by atoms with Crippen molar-refractivity contribution >= 4 is 22.5 Å². The monoisotopic (exact) mass is 376 g/mol. The maximum absolute atomic E-state index is 12.4. The number of benzene rings is 2. The summed E-state index contributed by atoms with van der Waals surface area (Å²) in [7, 11) is 2.09. The smallest absolute Gasteiger partial charge is 0.348 e. The number of nitrogens with one attached hydrogen (secondary N) is 2. The Hall–Kier alpha value is -3.19. The Bertz CT molecular complexity index is 1160. The molecule has 144 valence electrons. The highest BCUT2D eigenvalue weighted by atomic mass is 16.1. The average molecular weight is 376 g/mol. The third-order valence-electron chi connectivity index (χ3n) is 4.57. The molecule has 4 aromatic rings. The molecule has 0 atom stereocenters. The standard InChI is InChI=1S/C21H24N6O/c1-14(2)22-19-20-24-25-21(28)27(20)18-11-16(9-10-17(18)23-19)13-26(3)12-15-7-5-4-6-8-15/h4-11,14H,12-13H2,1-3H3,(H,22,23)(H,25,28). The zero-order chi connectivity index (χ0) is 19.7. The van der Waals surface area contributed by atoms with E-state index in [1.54, 1.807) is 4.40 Å². The van der Waals surface area contributed by atoms with Gasteiger partial charge in [0.15, 0.2) is 5.82 Å². The van der Waals surface area contributed by atoms with Crippen LogP contribution >= 0.6 is 0 Å². The molecular formula is C21H24N6O. The molecule has 28 heavy (non-hydrogen) atoms. The van der Waals surface area contributed by atoms with Crippen LogP contribution in [0.2, 0.25) is 0 Å². The Kier molecular flexibility index (Phi) is 4.83. The van der Waals surface area contributed by atoms with E-state index in [9.17, 15) is 4.79 Å². The van der Waals surface area contributed by atoms with Gasteiger partial charge in [0.05, 0.1) is 11.0 Å². The molecule has 0 saturated carbocycles. The molecule has 2 aromatic heterocycles. The Balaban J connectivity index is 1.69. The van der Waals surface area contributed by atoms with Crippen molar-refractivity contribution in [2.45, 2.75) is 33.0 Å². The predicted octanol–water partition coefficient (Wildman–Crippen LogP) is 3.02. The maximum atomic E-state index is 12.4. The van der Waals surface area contributed by atoms with E-state index >= 15 is 0 Å². The van der Waals surface area contributed by atoms with Gasteiger partial charge < -0.3 is 5.32 Å². The molecule has 0 saturated heterocycles. The first-order valence-electron chi connectivity index (χ1n) is 9.40. The molecule has 0 aliphatic rings. The van der Waals surface area contributed by atoms with Gasteiger partial charge >= 0.3 is 5.69 Å². The van der Waals surface area contributed by atoms with Crippen LogP contribution in [0.5, 0.6) is 0 Å². The number of rotatable bonds is 6. The highest BCUT2D eigenvalue weighted by Gasteiger charge is 2.14. The third kappa shape index (κ3) is 3.61. The number of aromatic nitrogens is 4. The van der Waals surface area contributed by atoms with Crippen LogP contribution in [0.1, 0.15) is 25.0 Å². The Morgan fingerprint density at radius 1 is 1.11 bits per heavy atom. The Morgan fingerprint density at radius 2 is 1.86 bits per heavy atom. The molecule has 0 spiro atoms. The van der Waals surface area contributed by atoms with Gasteiger partial charge in [0.25, 0.3) is 0 Å². The molecule has 0 bridgehead atoms. The summed E-state index contributed by atoms with van der Waals surface area (Å²) in [6.07, 6.45) is 0. The summed E-state index contributed by atoms with van der Waals surface area (Å²) in [6, 6.07) is 16.6. The first-order chi connectivity index (χ1) is 13.5. The largest absolute Gasteiger partial charge is 0.365 e. The molecule has 0 amide bonds. The van der Waals surface area contributed by atoms with E-state index < -0.39 is 0 Å². The number of fused-ring (bicyclic) bond motifs is 3. The SMILES string of the molecule is CC(C)Nc1nc2ccc(CN(C)Cc3ccccc3)cc2n2c(=O)[nH]nc12. The van der Waals surface area contributed by atoms with Crippen molar-refractivity contribution in [3.63, 3.8) is 0 Å². The summed E-state index contributed by atoms with van der Waals surface area (Å²) in [4.78, 5) is 19.3. The Labute approximate surface area is 163 Å². The van der Waals surface area contributed by atoms with Crippen molar-refractivity contribution in [2.75, 3.05) is 12.4 Å². The van der Waals surface area contributed by atoms with E-state index in [-0.39, 0.29) is 11.7 Å². The van der Waals surface area contributed by atoms with Gasteiger partial charge in [-0.1, -0.05) is 36.4 Å². The average Bonchev–Trinajstić information content (AvgIpc) is 3.05. The zero-order valence-electron chi connectivity index (χ0n) is 16.3. The summed E-state index contributed by atoms with van der Waals surface area (Å²) in [5, 5.41) is 9.97. The highest BCUT2D eigenvalue weighted by molar-refractivity contribution is 5.83. The fourth-order valence-corrected chi connectivity index (χ4v) is 3.42. The van der Waals surface area contributed by atoms with Crippen molar-refractivity contribution in [3.8, 4) is 0 Å². The summed E-state index contributed by atoms with van der Waals surface area (Å²) in [6.45, 7) is 5.68. The summed E-state index contributed by atoms with van der Waals surface area (Å²) in [5.74, 6) is 0.606. The van der Waals surface area contributed by atoms with Crippen LogP contribution in [-0.4, -0.2) is 37.6 Å². The number of hydrogen-bond acceptors (Lipinski definition) is 5. The number of nitrogens with zero attached hydrogens (tertiary/aromatic N) is 4. The van der Waals surface area contributed by atoms with Crippen molar-refractivity contribution in [3.05, 3.63) is 70.1 Å². The van der Waals surface area contributed by atoms with Crippen LogP contribution in [0, 0.1) is 0 Å². The summed E-state index contributed by atoms with van der Waals surface area (Å²) < 4.78 is 1.59. The topological polar surface area (TPSA) is 78.3 Å². The van der Waals surface area contributed by atoms with Gasteiger partial charge in [0.1, 0.15) is 0 Å². The normalized spacial score (nSPS) is 11.8. The van der Waals surface area contributed by atoms with E-state index in [0.29, 0.717) is 11.5 Å². The van der Waals surface area contributed by atoms with Gasteiger partial charge in [-0.3, -0.25) is 4.90 Å². The van der Waals surface area contributed by atoms with E-state index in [0.717, 1.165) is 29.7 Å². The lowest BCUT2D eigenvalue weighted by Gasteiger charge is -2.17. The van der Waals surface area contributed by atoms with Crippen LogP contribution in [0.4, 0.5) is 5.82 Å². The Morgan fingerprint density at radius 3 is 2.61 bits per heavy atom. The predicted molar refractivity (Wildman–Crippen MR) is 111 cm³/mol. The van der Waals surface area contributed by atoms with Crippen molar-refractivity contribution < 1.29 is 0 Å². The number of aromatic amines is 1. The van der Waals surface area contributed by atoms with Crippen molar-refractivity contribution in [2.24, 2.45) is 0 Å². The molecule has 0 aliphatic carbocycles. The first kappa shape index (κ1) is 18.2. The van der Waals surface area contributed by atoms with Gasteiger partial charge in [-0.25, -0.2) is 19.3 Å². The van der Waals surface area contributed by atoms with Crippen molar-refractivity contribution in [1.82, 2.24) is 24.5 Å². The summed E-state index contributed by atoms with van der Waals surface area (Å²) >= 11 is 0. The minimum Gasteiger partial charge on any atom is -0.365 e. The molecule has 0 fully saturated rings. The lowest BCUT2D eigenvalue weighted by atomic mass is 10.1.